The first-order valence-corrected chi connectivity index (χ1v) is 8.38. The summed E-state index contributed by atoms with van der Waals surface area (Å²) in [4.78, 5) is 0. The quantitative estimate of drug-likeness (QED) is 0.492. The highest BCUT2D eigenvalue weighted by molar-refractivity contribution is 5.11. The van der Waals surface area contributed by atoms with Gasteiger partial charge in [-0.25, -0.2) is 0 Å². The molecule has 2 heteroatoms. The number of ether oxygens (including phenoxy) is 1. The smallest absolute Gasteiger partial charge is 0.0466 e. The summed E-state index contributed by atoms with van der Waals surface area (Å²) >= 11 is 0. The summed E-state index contributed by atoms with van der Waals surface area (Å²) in [7, 11) is 0. The molecule has 1 N–H and O–H groups in total. The van der Waals surface area contributed by atoms with Gasteiger partial charge in [0.2, 0.25) is 0 Å². The summed E-state index contributed by atoms with van der Waals surface area (Å²) < 4.78 is 5.47. The number of hydrogen-bond donors (Lipinski definition) is 1. The fourth-order valence-electron chi connectivity index (χ4n) is 2.80. The third kappa shape index (κ3) is 7.74. The zero-order valence-electron chi connectivity index (χ0n) is 13.0. The molecule has 112 valence electrons. The minimum Gasteiger partial charge on any atom is -0.382 e. The van der Waals surface area contributed by atoms with E-state index in [0.29, 0.717) is 6.04 Å². The Hall–Kier alpha value is -0.340. The third-order valence-corrected chi connectivity index (χ3v) is 3.90. The minimum absolute atomic E-state index is 0.596. The van der Waals surface area contributed by atoms with Gasteiger partial charge in [0.25, 0.3) is 0 Å². The predicted octanol–water partition coefficient (Wildman–Crippen LogP) is 4.45. The van der Waals surface area contributed by atoms with Crippen LogP contribution in [0.2, 0.25) is 0 Å². The molecule has 1 atom stereocenters. The lowest BCUT2D eigenvalue weighted by Crippen LogP contribution is -2.32. The van der Waals surface area contributed by atoms with Crippen LogP contribution in [0.15, 0.2) is 11.6 Å². The zero-order chi connectivity index (χ0) is 13.8. The summed E-state index contributed by atoms with van der Waals surface area (Å²) in [6, 6.07) is 0.596. The van der Waals surface area contributed by atoms with Crippen LogP contribution < -0.4 is 5.32 Å². The second-order valence-corrected chi connectivity index (χ2v) is 5.58. The maximum atomic E-state index is 5.47. The van der Waals surface area contributed by atoms with E-state index in [2.05, 4.69) is 25.2 Å². The molecule has 0 aromatic carbocycles. The molecule has 1 aliphatic rings. The van der Waals surface area contributed by atoms with Crippen molar-refractivity contribution in [2.24, 2.45) is 0 Å². The summed E-state index contributed by atoms with van der Waals surface area (Å²) in [5, 5.41) is 3.74. The standard InChI is InChI=1S/C17H33NO/c1-3-14-18-17(13-10-15-19-4-2)16-11-8-6-5-7-9-12-16/h11,17-18H,3-10,12-15H2,1-2H3. The average molecular weight is 267 g/mol. The van der Waals surface area contributed by atoms with Gasteiger partial charge < -0.3 is 10.1 Å². The maximum Gasteiger partial charge on any atom is 0.0466 e. The van der Waals surface area contributed by atoms with E-state index < -0.39 is 0 Å². The Bertz CT molecular complexity index is 237. The topological polar surface area (TPSA) is 21.3 Å². The predicted molar refractivity (Wildman–Crippen MR) is 83.6 cm³/mol. The molecule has 0 aliphatic heterocycles. The lowest BCUT2D eigenvalue weighted by atomic mass is 9.92. The number of rotatable bonds is 9. The molecular weight excluding hydrogens is 234 g/mol. The van der Waals surface area contributed by atoms with Crippen molar-refractivity contribution in [1.82, 2.24) is 5.32 Å². The highest BCUT2D eigenvalue weighted by Gasteiger charge is 2.14. The van der Waals surface area contributed by atoms with Crippen LogP contribution >= 0.6 is 0 Å². The SMILES string of the molecule is CCCNC(CCCOCC)C1=CCCCCCC1. The fraction of sp³-hybridized carbons (Fsp3) is 0.882. The summed E-state index contributed by atoms with van der Waals surface area (Å²) in [6.45, 7) is 7.21. The van der Waals surface area contributed by atoms with Gasteiger partial charge in [-0.2, -0.15) is 0 Å². The first-order valence-electron chi connectivity index (χ1n) is 8.38. The monoisotopic (exact) mass is 267 g/mol. The van der Waals surface area contributed by atoms with E-state index >= 15 is 0 Å². The number of allylic oxidation sites excluding steroid dienone is 1. The van der Waals surface area contributed by atoms with Crippen molar-refractivity contribution in [2.75, 3.05) is 19.8 Å². The van der Waals surface area contributed by atoms with Crippen LogP contribution in [0.4, 0.5) is 0 Å². The van der Waals surface area contributed by atoms with Gasteiger partial charge in [0, 0.05) is 19.3 Å². The molecule has 0 saturated heterocycles. The molecule has 0 radical (unpaired) electrons. The van der Waals surface area contributed by atoms with Crippen molar-refractivity contribution in [3.8, 4) is 0 Å². The Kier molecular flexibility index (Phi) is 10.1. The Balaban J connectivity index is 2.44. The van der Waals surface area contributed by atoms with Crippen molar-refractivity contribution in [1.29, 1.82) is 0 Å². The molecule has 0 spiro atoms. The molecule has 1 unspecified atom stereocenters. The molecule has 0 bridgehead atoms. The van der Waals surface area contributed by atoms with Gasteiger partial charge in [-0.3, -0.25) is 0 Å². The highest BCUT2D eigenvalue weighted by Crippen LogP contribution is 2.21. The normalized spacial score (nSPS) is 18.5. The molecule has 0 amide bonds. The van der Waals surface area contributed by atoms with E-state index in [9.17, 15) is 0 Å². The molecular formula is C17H33NO. The molecule has 19 heavy (non-hydrogen) atoms. The van der Waals surface area contributed by atoms with Crippen molar-refractivity contribution in [3.05, 3.63) is 11.6 Å². The highest BCUT2D eigenvalue weighted by atomic mass is 16.5. The Morgan fingerprint density at radius 2 is 2.05 bits per heavy atom. The molecule has 1 aliphatic carbocycles. The van der Waals surface area contributed by atoms with E-state index in [1.807, 2.05) is 0 Å². The van der Waals surface area contributed by atoms with Gasteiger partial charge in [0.1, 0.15) is 0 Å². The zero-order valence-corrected chi connectivity index (χ0v) is 13.0. The van der Waals surface area contributed by atoms with E-state index in [4.69, 9.17) is 4.74 Å². The summed E-state index contributed by atoms with van der Waals surface area (Å²) in [6.07, 6.45) is 14.3. The lowest BCUT2D eigenvalue weighted by Gasteiger charge is -2.23. The molecule has 0 saturated carbocycles. The van der Waals surface area contributed by atoms with Crippen LogP contribution in [0.3, 0.4) is 0 Å². The third-order valence-electron chi connectivity index (χ3n) is 3.90. The van der Waals surface area contributed by atoms with Crippen LogP contribution in [0.1, 0.15) is 71.6 Å². The van der Waals surface area contributed by atoms with Crippen LogP contribution in [0.5, 0.6) is 0 Å². The van der Waals surface area contributed by atoms with Crippen molar-refractivity contribution in [2.45, 2.75) is 77.7 Å². The van der Waals surface area contributed by atoms with E-state index in [-0.39, 0.29) is 0 Å². The van der Waals surface area contributed by atoms with E-state index in [0.717, 1.165) is 19.8 Å². The van der Waals surface area contributed by atoms with Gasteiger partial charge in [0.15, 0.2) is 0 Å². The fourth-order valence-corrected chi connectivity index (χ4v) is 2.80. The van der Waals surface area contributed by atoms with E-state index in [1.54, 1.807) is 5.57 Å². The summed E-state index contributed by atoms with van der Waals surface area (Å²) in [5.41, 5.74) is 1.67. The lowest BCUT2D eigenvalue weighted by molar-refractivity contribution is 0.141. The van der Waals surface area contributed by atoms with Gasteiger partial charge in [0.05, 0.1) is 0 Å². The molecule has 1 rings (SSSR count). The van der Waals surface area contributed by atoms with Gasteiger partial charge in [-0.05, 0) is 58.4 Å². The molecule has 0 aromatic heterocycles. The van der Waals surface area contributed by atoms with Crippen LogP contribution in [-0.2, 0) is 4.74 Å². The molecule has 0 fully saturated rings. The van der Waals surface area contributed by atoms with E-state index in [1.165, 1.54) is 57.8 Å². The summed E-state index contributed by atoms with van der Waals surface area (Å²) in [5.74, 6) is 0. The largest absolute Gasteiger partial charge is 0.382 e. The maximum absolute atomic E-state index is 5.47. The van der Waals surface area contributed by atoms with Crippen LogP contribution in [-0.4, -0.2) is 25.8 Å². The van der Waals surface area contributed by atoms with Crippen LogP contribution in [0, 0.1) is 0 Å². The molecule has 0 aromatic rings. The van der Waals surface area contributed by atoms with Gasteiger partial charge >= 0.3 is 0 Å². The Labute approximate surface area is 120 Å². The minimum atomic E-state index is 0.596. The van der Waals surface area contributed by atoms with Crippen molar-refractivity contribution in [3.63, 3.8) is 0 Å². The Morgan fingerprint density at radius 1 is 1.21 bits per heavy atom. The number of hydrogen-bond acceptors (Lipinski definition) is 2. The molecule has 0 heterocycles. The number of nitrogens with one attached hydrogen (secondary N) is 1. The molecule has 2 nitrogen and oxygen atoms in total. The van der Waals surface area contributed by atoms with Gasteiger partial charge in [-0.1, -0.05) is 31.4 Å². The average Bonchev–Trinajstić information content (AvgIpc) is 2.38. The Morgan fingerprint density at radius 3 is 2.84 bits per heavy atom. The van der Waals surface area contributed by atoms with Crippen LogP contribution in [0.25, 0.3) is 0 Å². The first-order chi connectivity index (χ1) is 9.38. The van der Waals surface area contributed by atoms with Crippen molar-refractivity contribution < 1.29 is 4.74 Å². The second kappa shape index (κ2) is 11.5. The van der Waals surface area contributed by atoms with Gasteiger partial charge in [-0.15, -0.1) is 0 Å². The van der Waals surface area contributed by atoms with Crippen molar-refractivity contribution >= 4 is 0 Å². The second-order valence-electron chi connectivity index (χ2n) is 5.58. The first kappa shape index (κ1) is 16.7.